The van der Waals surface area contributed by atoms with Gasteiger partial charge in [-0.25, -0.2) is 13.2 Å². The van der Waals surface area contributed by atoms with Crippen LogP contribution in [-0.4, -0.2) is 24.2 Å². The molecule has 0 bridgehead atoms. The van der Waals surface area contributed by atoms with E-state index in [1.807, 2.05) is 6.92 Å². The number of rotatable bonds is 6. The fraction of sp³-hybridized carbons (Fsp3) is 0.316. The molecular weight excluding hydrogens is 470 g/mol. The molecule has 4 nitrogen and oxygen atoms in total. The summed E-state index contributed by atoms with van der Waals surface area (Å²) in [5, 5.41) is 16.2. The molecule has 2 rings (SSSR count). The second-order valence-corrected chi connectivity index (χ2v) is 5.82. The Hall–Kier alpha value is -1.81. The van der Waals surface area contributed by atoms with Crippen molar-refractivity contribution in [2.75, 3.05) is 13.1 Å². The third-order valence-electron chi connectivity index (χ3n) is 3.80. The molecule has 0 aromatic heterocycles. The summed E-state index contributed by atoms with van der Waals surface area (Å²) in [6.07, 6.45) is -0.899. The predicted molar refractivity (Wildman–Crippen MR) is 111 cm³/mol. The average Bonchev–Trinajstić information content (AvgIpc) is 2.60. The predicted octanol–water partition coefficient (Wildman–Crippen LogP) is 4.07. The molecule has 2 aromatic carbocycles. The summed E-state index contributed by atoms with van der Waals surface area (Å²) in [6, 6.07) is 8.46. The van der Waals surface area contributed by atoms with Crippen molar-refractivity contribution < 1.29 is 18.3 Å². The van der Waals surface area contributed by atoms with Crippen LogP contribution in [0.2, 0.25) is 0 Å². The van der Waals surface area contributed by atoms with Gasteiger partial charge in [-0.3, -0.25) is 4.99 Å². The molecule has 0 amide bonds. The lowest BCUT2D eigenvalue weighted by molar-refractivity contribution is 0.187. The van der Waals surface area contributed by atoms with Gasteiger partial charge in [-0.2, -0.15) is 0 Å². The van der Waals surface area contributed by atoms with Crippen LogP contribution < -0.4 is 10.6 Å². The van der Waals surface area contributed by atoms with Crippen LogP contribution in [0.15, 0.2) is 47.5 Å². The second-order valence-electron chi connectivity index (χ2n) is 5.82. The molecule has 27 heavy (non-hydrogen) atoms. The molecule has 0 fully saturated rings. The number of hydrogen-bond acceptors (Lipinski definition) is 2. The van der Waals surface area contributed by atoms with Crippen LogP contribution in [0, 0.1) is 17.5 Å². The van der Waals surface area contributed by atoms with Crippen LogP contribution in [0.3, 0.4) is 0 Å². The smallest absolute Gasteiger partial charge is 0.191 e. The lowest BCUT2D eigenvalue weighted by Crippen LogP contribution is -2.39. The molecule has 2 aromatic rings. The highest BCUT2D eigenvalue weighted by atomic mass is 127. The minimum Gasteiger partial charge on any atom is -0.386 e. The molecule has 8 heteroatoms. The first kappa shape index (κ1) is 23.2. The van der Waals surface area contributed by atoms with Crippen molar-refractivity contribution >= 4 is 29.9 Å². The van der Waals surface area contributed by atoms with E-state index in [1.165, 1.54) is 36.4 Å². The van der Waals surface area contributed by atoms with Crippen LogP contribution in [0.4, 0.5) is 13.2 Å². The van der Waals surface area contributed by atoms with Crippen molar-refractivity contribution in [2.45, 2.75) is 26.0 Å². The van der Waals surface area contributed by atoms with Crippen molar-refractivity contribution in [3.05, 3.63) is 71.0 Å². The van der Waals surface area contributed by atoms with Gasteiger partial charge in [-0.05, 0) is 37.6 Å². The summed E-state index contributed by atoms with van der Waals surface area (Å²) in [5.74, 6) is -1.28. The van der Waals surface area contributed by atoms with E-state index in [0.717, 1.165) is 6.07 Å². The second kappa shape index (κ2) is 11.1. The zero-order chi connectivity index (χ0) is 19.1. The van der Waals surface area contributed by atoms with Gasteiger partial charge in [0.25, 0.3) is 0 Å². The molecule has 0 saturated heterocycles. The maximum atomic E-state index is 13.9. The topological polar surface area (TPSA) is 56.7 Å². The number of halogens is 4. The standard InChI is InChI=1S/C19H22F3N3O.HI/c1-3-23-19(24-11-18(26)13-4-6-14(20)7-5-13)25-12(2)16-9-8-15(21)10-17(16)22;/h4-10,12,18,26H,3,11H2,1-2H3,(H2,23,24,25);1H. The van der Waals surface area contributed by atoms with Gasteiger partial charge in [-0.1, -0.05) is 18.2 Å². The van der Waals surface area contributed by atoms with E-state index < -0.39 is 23.8 Å². The Balaban J connectivity index is 0.00000364. The van der Waals surface area contributed by atoms with Crippen LogP contribution in [0.25, 0.3) is 0 Å². The van der Waals surface area contributed by atoms with E-state index in [0.29, 0.717) is 23.6 Å². The van der Waals surface area contributed by atoms with Gasteiger partial charge >= 0.3 is 0 Å². The fourth-order valence-corrected chi connectivity index (χ4v) is 2.42. The molecule has 0 aliphatic carbocycles. The summed E-state index contributed by atoms with van der Waals surface area (Å²) < 4.78 is 39.9. The van der Waals surface area contributed by atoms with Gasteiger partial charge in [0.1, 0.15) is 17.5 Å². The van der Waals surface area contributed by atoms with Gasteiger partial charge in [0.15, 0.2) is 5.96 Å². The lowest BCUT2D eigenvalue weighted by atomic mass is 10.1. The van der Waals surface area contributed by atoms with E-state index >= 15 is 0 Å². The molecule has 0 aliphatic rings. The monoisotopic (exact) mass is 493 g/mol. The van der Waals surface area contributed by atoms with E-state index in [4.69, 9.17) is 0 Å². The molecule has 0 spiro atoms. The maximum absolute atomic E-state index is 13.9. The highest BCUT2D eigenvalue weighted by Crippen LogP contribution is 2.18. The molecule has 0 radical (unpaired) electrons. The Morgan fingerprint density at radius 1 is 1.07 bits per heavy atom. The van der Waals surface area contributed by atoms with Crippen molar-refractivity contribution in [3.63, 3.8) is 0 Å². The fourth-order valence-electron chi connectivity index (χ4n) is 2.42. The van der Waals surface area contributed by atoms with E-state index in [2.05, 4.69) is 15.6 Å². The first-order valence-corrected chi connectivity index (χ1v) is 8.34. The number of benzene rings is 2. The quantitative estimate of drug-likeness (QED) is 0.323. The molecule has 2 unspecified atom stereocenters. The highest BCUT2D eigenvalue weighted by Gasteiger charge is 2.14. The van der Waals surface area contributed by atoms with Crippen molar-refractivity contribution in [2.24, 2.45) is 4.99 Å². The molecule has 2 atom stereocenters. The van der Waals surface area contributed by atoms with Crippen molar-refractivity contribution in [1.29, 1.82) is 0 Å². The summed E-state index contributed by atoms with van der Waals surface area (Å²) >= 11 is 0. The third-order valence-corrected chi connectivity index (χ3v) is 3.80. The molecule has 0 aliphatic heterocycles. The molecule has 0 saturated carbocycles. The van der Waals surface area contributed by atoms with E-state index in [9.17, 15) is 18.3 Å². The number of aliphatic hydroxyl groups is 1. The highest BCUT2D eigenvalue weighted by molar-refractivity contribution is 14.0. The first-order valence-electron chi connectivity index (χ1n) is 8.34. The SMILES string of the molecule is CCNC(=NCC(O)c1ccc(F)cc1)NC(C)c1ccc(F)cc1F.I. The molecule has 0 heterocycles. The van der Waals surface area contributed by atoms with E-state index in [-0.39, 0.29) is 36.3 Å². The van der Waals surface area contributed by atoms with Crippen molar-refractivity contribution in [1.82, 2.24) is 10.6 Å². The minimum atomic E-state index is -0.899. The number of nitrogens with one attached hydrogen (secondary N) is 2. The Labute approximate surface area is 173 Å². The van der Waals surface area contributed by atoms with E-state index in [1.54, 1.807) is 6.92 Å². The number of nitrogens with zero attached hydrogens (tertiary/aromatic N) is 1. The summed E-state index contributed by atoms with van der Waals surface area (Å²) in [5.41, 5.74) is 0.847. The lowest BCUT2D eigenvalue weighted by Gasteiger charge is -2.19. The first-order chi connectivity index (χ1) is 12.4. The Morgan fingerprint density at radius 2 is 1.70 bits per heavy atom. The Morgan fingerprint density at radius 3 is 2.30 bits per heavy atom. The molecule has 3 N–H and O–H groups in total. The summed E-state index contributed by atoms with van der Waals surface area (Å²) in [7, 11) is 0. The van der Waals surface area contributed by atoms with Gasteiger partial charge in [0.2, 0.25) is 0 Å². The number of hydrogen-bond donors (Lipinski definition) is 3. The van der Waals surface area contributed by atoms with Crippen LogP contribution in [-0.2, 0) is 0 Å². The molecular formula is C19H23F3IN3O. The number of aliphatic imine (C=N–C) groups is 1. The summed E-state index contributed by atoms with van der Waals surface area (Å²) in [6.45, 7) is 4.20. The van der Waals surface area contributed by atoms with Crippen molar-refractivity contribution in [3.8, 4) is 0 Å². The number of guanidine groups is 1. The van der Waals surface area contributed by atoms with Gasteiger partial charge < -0.3 is 15.7 Å². The Bertz CT molecular complexity index is 756. The maximum Gasteiger partial charge on any atom is 0.191 e. The molecule has 148 valence electrons. The van der Waals surface area contributed by atoms with Crippen LogP contribution in [0.1, 0.15) is 37.1 Å². The third kappa shape index (κ3) is 7.02. The van der Waals surface area contributed by atoms with Gasteiger partial charge in [0, 0.05) is 18.2 Å². The number of aliphatic hydroxyl groups excluding tert-OH is 1. The van der Waals surface area contributed by atoms with Crippen LogP contribution in [0.5, 0.6) is 0 Å². The zero-order valence-corrected chi connectivity index (χ0v) is 17.4. The van der Waals surface area contributed by atoms with Gasteiger partial charge in [-0.15, -0.1) is 24.0 Å². The van der Waals surface area contributed by atoms with Crippen LogP contribution >= 0.6 is 24.0 Å². The average molecular weight is 493 g/mol. The normalized spacial score (nSPS) is 13.5. The largest absolute Gasteiger partial charge is 0.386 e. The Kier molecular flexibility index (Phi) is 9.57. The van der Waals surface area contributed by atoms with Gasteiger partial charge in [0.05, 0.1) is 18.7 Å². The zero-order valence-electron chi connectivity index (χ0n) is 15.0. The minimum absolute atomic E-state index is 0. The summed E-state index contributed by atoms with van der Waals surface area (Å²) in [4.78, 5) is 4.28.